The van der Waals surface area contributed by atoms with E-state index in [0.717, 1.165) is 51.7 Å². The molecule has 0 aromatic rings. The Morgan fingerprint density at radius 1 is 0.320 bits per heavy atom. The van der Waals surface area contributed by atoms with Crippen molar-refractivity contribution < 1.29 is 43.2 Å². The quantitative estimate of drug-likeness (QED) is 0.0343. The zero-order valence-corrected chi connectivity index (χ0v) is 49.8. The fourth-order valence-electron chi connectivity index (χ4n) is 9.03. The van der Waals surface area contributed by atoms with Crippen LogP contribution < -0.4 is 5.32 Å². The van der Waals surface area contributed by atoms with Gasteiger partial charge in [0.2, 0.25) is 0 Å². The monoisotopic (exact) mass is 1070 g/mol. The molecule has 0 aromatic carbocycles. The summed E-state index contributed by atoms with van der Waals surface area (Å²) in [5.74, 6) is -0.457. The second kappa shape index (κ2) is 70.2. The van der Waals surface area contributed by atoms with Crippen LogP contribution in [0.25, 0.3) is 0 Å². The van der Waals surface area contributed by atoms with Gasteiger partial charge in [0.15, 0.2) is 0 Å². The Labute approximate surface area is 466 Å². The van der Waals surface area contributed by atoms with Crippen molar-refractivity contribution >= 4 is 17.9 Å². The number of esters is 3. The fraction of sp³-hybridized carbons (Fsp3) is 0.953. The lowest BCUT2D eigenvalue weighted by atomic mass is 10.0. The van der Waals surface area contributed by atoms with E-state index in [9.17, 15) is 14.4 Å². The van der Waals surface area contributed by atoms with E-state index in [1.54, 1.807) is 0 Å². The van der Waals surface area contributed by atoms with Crippen LogP contribution in [0.2, 0.25) is 0 Å². The van der Waals surface area contributed by atoms with Gasteiger partial charge in [0.25, 0.3) is 0 Å². The maximum atomic E-state index is 12.3. The lowest BCUT2D eigenvalue weighted by Crippen LogP contribution is -2.33. The Bertz CT molecular complexity index is 1050. The molecule has 0 spiro atoms. The zero-order valence-electron chi connectivity index (χ0n) is 49.8. The first-order valence-corrected chi connectivity index (χ1v) is 32.1. The minimum Gasteiger partial charge on any atom is -0.466 e. The third-order valence-corrected chi connectivity index (χ3v) is 13.9. The van der Waals surface area contributed by atoms with Gasteiger partial charge in [0.1, 0.15) is 0 Å². The lowest BCUT2D eigenvalue weighted by molar-refractivity contribution is -0.145. The van der Waals surface area contributed by atoms with Crippen molar-refractivity contribution in [2.75, 3.05) is 85.6 Å². The largest absolute Gasteiger partial charge is 0.466 e. The Morgan fingerprint density at radius 2 is 0.613 bits per heavy atom. The van der Waals surface area contributed by atoms with Gasteiger partial charge in [0, 0.05) is 39.3 Å². The zero-order chi connectivity index (χ0) is 54.2. The molecule has 11 nitrogen and oxygen atoms in total. The second-order valence-corrected chi connectivity index (χ2v) is 21.2. The molecule has 0 saturated heterocycles. The highest BCUT2D eigenvalue weighted by Gasteiger charge is 2.13. The van der Waals surface area contributed by atoms with E-state index in [1.807, 2.05) is 0 Å². The fourth-order valence-corrected chi connectivity index (χ4v) is 9.03. The average molecular weight is 1070 g/mol. The molecule has 0 aliphatic carbocycles. The summed E-state index contributed by atoms with van der Waals surface area (Å²) < 4.78 is 27.0. The molecule has 11 heteroatoms. The van der Waals surface area contributed by atoms with E-state index in [-0.39, 0.29) is 38.5 Å². The summed E-state index contributed by atoms with van der Waals surface area (Å²) in [6.45, 7) is 15.8. The predicted molar refractivity (Wildman–Crippen MR) is 319 cm³/mol. The molecule has 0 unspecified atom stereocenters. The van der Waals surface area contributed by atoms with Crippen molar-refractivity contribution in [3.8, 4) is 0 Å². The van der Waals surface area contributed by atoms with Gasteiger partial charge in [-0.25, -0.2) is 0 Å². The van der Waals surface area contributed by atoms with E-state index in [2.05, 4.69) is 37.9 Å². The van der Waals surface area contributed by atoms with Gasteiger partial charge in [-0.2, -0.15) is 0 Å². The molecular formula is C64H130N2O9. The van der Waals surface area contributed by atoms with E-state index in [1.165, 1.54) is 218 Å². The van der Waals surface area contributed by atoms with Gasteiger partial charge in [-0.3, -0.25) is 19.3 Å². The standard InChI is InChI=1S/C40H79NO6.C23H47NO3.CH4/c1-3-5-7-9-11-13-15-17-19-21-23-25-27-35-46-39(43)29-31-41(33-37-45-38-34-42)32-30-40(44)47-36-28-26-24-22-20-18-16-14-12-10-8-6-4-2;1-3-5-6-7-8-9-10-11-12-13-14-15-16-21-27-23(25)17-18-24-19-22-26-20-4-2;/h42H,3-38H2,1-2H3;24H,3-22H2,1-2H3;1H4. The molecule has 0 radical (unpaired) electrons. The van der Waals surface area contributed by atoms with Crippen LogP contribution >= 0.6 is 0 Å². The number of hydrogen-bond acceptors (Lipinski definition) is 11. The van der Waals surface area contributed by atoms with Crippen molar-refractivity contribution in [3.05, 3.63) is 0 Å². The van der Waals surface area contributed by atoms with Crippen LogP contribution in [0.15, 0.2) is 0 Å². The summed E-state index contributed by atoms with van der Waals surface area (Å²) in [5.41, 5.74) is 0. The molecule has 0 heterocycles. The van der Waals surface area contributed by atoms with Crippen molar-refractivity contribution in [2.24, 2.45) is 0 Å². The predicted octanol–water partition coefficient (Wildman–Crippen LogP) is 17.0. The Kier molecular flexibility index (Phi) is 72.5. The first kappa shape index (κ1) is 77.4. The molecule has 0 rings (SSSR count). The van der Waals surface area contributed by atoms with Gasteiger partial charge in [-0.05, 0) is 25.7 Å². The highest BCUT2D eigenvalue weighted by Crippen LogP contribution is 2.15. The topological polar surface area (TPSA) is 133 Å². The van der Waals surface area contributed by atoms with Crippen LogP contribution in [-0.4, -0.2) is 113 Å². The van der Waals surface area contributed by atoms with E-state index >= 15 is 0 Å². The van der Waals surface area contributed by atoms with Crippen LogP contribution in [0.1, 0.15) is 311 Å². The molecule has 0 fully saturated rings. The maximum absolute atomic E-state index is 12.3. The number of rotatable bonds is 61. The number of nitrogens with zero attached hydrogens (tertiary/aromatic N) is 1. The van der Waals surface area contributed by atoms with Crippen LogP contribution in [0.4, 0.5) is 0 Å². The smallest absolute Gasteiger partial charge is 0.307 e. The number of carbonyl (C=O) groups is 3. The van der Waals surface area contributed by atoms with Gasteiger partial charge in [-0.1, -0.05) is 266 Å². The van der Waals surface area contributed by atoms with Crippen LogP contribution in [0.5, 0.6) is 0 Å². The first-order valence-electron chi connectivity index (χ1n) is 32.1. The van der Waals surface area contributed by atoms with Gasteiger partial charge < -0.3 is 34.1 Å². The van der Waals surface area contributed by atoms with E-state index in [4.69, 9.17) is 28.8 Å². The Balaban J connectivity index is -0.00000157. The summed E-state index contributed by atoms with van der Waals surface area (Å²) >= 11 is 0. The molecule has 0 bridgehead atoms. The minimum absolute atomic E-state index is 0. The van der Waals surface area contributed by atoms with Crippen molar-refractivity contribution in [3.63, 3.8) is 0 Å². The van der Waals surface area contributed by atoms with Crippen molar-refractivity contribution in [1.82, 2.24) is 10.2 Å². The average Bonchev–Trinajstić information content (AvgIpc) is 3.40. The van der Waals surface area contributed by atoms with Gasteiger partial charge in [-0.15, -0.1) is 0 Å². The Hall–Kier alpha value is -1.79. The number of aliphatic hydroxyl groups excluding tert-OH is 1. The number of carbonyl (C=O) groups excluding carboxylic acids is 3. The molecule has 0 amide bonds. The minimum atomic E-state index is -0.185. The summed E-state index contributed by atoms with van der Waals surface area (Å²) in [5, 5.41) is 12.2. The number of hydrogen-bond donors (Lipinski definition) is 2. The number of aliphatic hydroxyl groups is 1. The number of ether oxygens (including phenoxy) is 5. The van der Waals surface area contributed by atoms with Crippen molar-refractivity contribution in [2.45, 2.75) is 311 Å². The highest BCUT2D eigenvalue weighted by atomic mass is 16.5. The SMILES string of the molecule is C.CCCCCCCCCCCCCCCOC(=O)CCN(CCOCCO)CCC(=O)OCCCCCCCCCCCCCCC.CCCCCCCCCCCCCCCOC(=O)CCNCCOCCC. The molecule has 0 aliphatic rings. The highest BCUT2D eigenvalue weighted by molar-refractivity contribution is 5.70. The van der Waals surface area contributed by atoms with Crippen LogP contribution in [-0.2, 0) is 38.1 Å². The molecule has 0 aromatic heterocycles. The number of unbranched alkanes of at least 4 members (excludes halogenated alkanes) is 36. The summed E-state index contributed by atoms with van der Waals surface area (Å²) in [7, 11) is 0. The summed E-state index contributed by atoms with van der Waals surface area (Å²) in [6, 6.07) is 0. The molecular weight excluding hydrogens is 941 g/mol. The van der Waals surface area contributed by atoms with E-state index < -0.39 is 0 Å². The van der Waals surface area contributed by atoms with Crippen LogP contribution in [0.3, 0.4) is 0 Å². The van der Waals surface area contributed by atoms with Crippen molar-refractivity contribution in [1.29, 1.82) is 0 Å². The lowest BCUT2D eigenvalue weighted by Gasteiger charge is -2.21. The second-order valence-electron chi connectivity index (χ2n) is 21.2. The third kappa shape index (κ3) is 70.2. The number of nitrogens with one attached hydrogen (secondary N) is 1. The molecule has 0 atom stereocenters. The molecule has 75 heavy (non-hydrogen) atoms. The first-order chi connectivity index (χ1) is 36.4. The summed E-state index contributed by atoms with van der Waals surface area (Å²) in [4.78, 5) is 38.3. The van der Waals surface area contributed by atoms with E-state index in [0.29, 0.717) is 78.5 Å². The molecule has 2 N–H and O–H groups in total. The Morgan fingerprint density at radius 3 is 0.920 bits per heavy atom. The van der Waals surface area contributed by atoms with Gasteiger partial charge >= 0.3 is 17.9 Å². The van der Waals surface area contributed by atoms with Gasteiger partial charge in [0.05, 0.1) is 65.5 Å². The normalized spacial score (nSPS) is 11.1. The molecule has 450 valence electrons. The molecule has 0 saturated carbocycles. The molecule has 0 aliphatic heterocycles. The third-order valence-electron chi connectivity index (χ3n) is 13.9. The van der Waals surface area contributed by atoms with Crippen LogP contribution in [0, 0.1) is 0 Å². The summed E-state index contributed by atoms with van der Waals surface area (Å²) in [6.07, 6.45) is 53.1. The maximum Gasteiger partial charge on any atom is 0.307 e.